The number of para-hydroxylation sites is 1. The van der Waals surface area contributed by atoms with Crippen molar-refractivity contribution in [1.82, 2.24) is 20.0 Å². The van der Waals surface area contributed by atoms with Crippen molar-refractivity contribution in [3.8, 4) is 5.75 Å². The summed E-state index contributed by atoms with van der Waals surface area (Å²) in [6.07, 6.45) is 4.67. The van der Waals surface area contributed by atoms with Gasteiger partial charge in [0.25, 0.3) is 0 Å². The number of fused-ring (bicyclic) bond motifs is 1. The van der Waals surface area contributed by atoms with Crippen LogP contribution in [0.1, 0.15) is 31.2 Å². The highest BCUT2D eigenvalue weighted by Crippen LogP contribution is 2.23. The summed E-state index contributed by atoms with van der Waals surface area (Å²) in [7, 11) is 2.21. The third kappa shape index (κ3) is 4.55. The molecular formula is C21H32N4O2. The molecule has 0 radical (unpaired) electrons. The number of nitrogens with one attached hydrogen (secondary N) is 1. The Kier molecular flexibility index (Phi) is 5.83. The topological polar surface area (TPSA) is 48.0 Å². The average Bonchev–Trinajstić information content (AvgIpc) is 2.92. The molecule has 0 aromatic heterocycles. The van der Waals surface area contributed by atoms with Gasteiger partial charge in [-0.05, 0) is 51.9 Å². The van der Waals surface area contributed by atoms with Crippen molar-refractivity contribution in [3.05, 3.63) is 29.8 Å². The lowest BCUT2D eigenvalue weighted by Crippen LogP contribution is -2.52. The van der Waals surface area contributed by atoms with Gasteiger partial charge in [-0.2, -0.15) is 0 Å². The van der Waals surface area contributed by atoms with E-state index >= 15 is 0 Å². The van der Waals surface area contributed by atoms with Gasteiger partial charge in [0.15, 0.2) is 0 Å². The monoisotopic (exact) mass is 372 g/mol. The maximum Gasteiger partial charge on any atom is 0.318 e. The van der Waals surface area contributed by atoms with E-state index < -0.39 is 0 Å². The summed E-state index contributed by atoms with van der Waals surface area (Å²) in [6.45, 7) is 6.43. The second-order valence-corrected chi connectivity index (χ2v) is 8.17. The van der Waals surface area contributed by atoms with Crippen molar-refractivity contribution < 1.29 is 9.53 Å². The Bertz CT molecular complexity index is 637. The highest BCUT2D eigenvalue weighted by molar-refractivity contribution is 5.74. The van der Waals surface area contributed by atoms with Gasteiger partial charge >= 0.3 is 6.03 Å². The molecule has 0 bridgehead atoms. The molecule has 4 rings (SSSR count). The molecule has 0 unspecified atom stereocenters. The number of piperidine rings is 2. The van der Waals surface area contributed by atoms with Gasteiger partial charge in [-0.25, -0.2) is 4.79 Å². The Morgan fingerprint density at radius 3 is 2.56 bits per heavy atom. The van der Waals surface area contributed by atoms with Crippen LogP contribution in [0.3, 0.4) is 0 Å². The standard InChI is InChI=1S/C21H32N4O2/c1-23-10-8-19(9-11-23)24-12-6-18(7-13-24)22-21(26)25-14-15-27-20-5-3-2-4-17(20)16-25/h2-5,18-19H,6-16H2,1H3,(H,22,26). The summed E-state index contributed by atoms with van der Waals surface area (Å²) in [6, 6.07) is 9.08. The van der Waals surface area contributed by atoms with E-state index in [9.17, 15) is 4.79 Å². The van der Waals surface area contributed by atoms with Crippen LogP contribution in [-0.2, 0) is 6.54 Å². The number of likely N-dealkylation sites (tertiary alicyclic amines) is 2. The van der Waals surface area contributed by atoms with Gasteiger partial charge < -0.3 is 24.8 Å². The van der Waals surface area contributed by atoms with Crippen molar-refractivity contribution in [3.63, 3.8) is 0 Å². The molecule has 3 aliphatic heterocycles. The van der Waals surface area contributed by atoms with Gasteiger partial charge in [0.1, 0.15) is 12.4 Å². The molecule has 2 saturated heterocycles. The number of hydrogen-bond donors (Lipinski definition) is 1. The first-order valence-corrected chi connectivity index (χ1v) is 10.4. The first-order valence-electron chi connectivity index (χ1n) is 10.4. The molecule has 6 heteroatoms. The fourth-order valence-electron chi connectivity index (χ4n) is 4.53. The highest BCUT2D eigenvalue weighted by atomic mass is 16.5. The highest BCUT2D eigenvalue weighted by Gasteiger charge is 2.29. The van der Waals surface area contributed by atoms with E-state index in [0.29, 0.717) is 25.7 Å². The number of nitrogens with zero attached hydrogens (tertiary/aromatic N) is 3. The fraction of sp³-hybridized carbons (Fsp3) is 0.667. The van der Waals surface area contributed by atoms with Crippen molar-refractivity contribution in [2.45, 2.75) is 44.3 Å². The fourth-order valence-corrected chi connectivity index (χ4v) is 4.53. The van der Waals surface area contributed by atoms with Crippen molar-refractivity contribution in [2.24, 2.45) is 0 Å². The Balaban J connectivity index is 1.26. The van der Waals surface area contributed by atoms with Gasteiger partial charge in [0, 0.05) is 30.7 Å². The minimum atomic E-state index is 0.0491. The van der Waals surface area contributed by atoms with Crippen LogP contribution < -0.4 is 10.1 Å². The van der Waals surface area contributed by atoms with Gasteiger partial charge in [-0.3, -0.25) is 0 Å². The van der Waals surface area contributed by atoms with E-state index in [1.54, 1.807) is 0 Å². The number of hydrogen-bond acceptors (Lipinski definition) is 4. The molecule has 2 amide bonds. The SMILES string of the molecule is CN1CCC(N2CCC(NC(=O)N3CCOc4ccccc4C3)CC2)CC1. The van der Waals surface area contributed by atoms with Crippen molar-refractivity contribution >= 4 is 6.03 Å². The summed E-state index contributed by atoms with van der Waals surface area (Å²) in [4.78, 5) is 19.7. The van der Waals surface area contributed by atoms with Gasteiger partial charge in [0.05, 0.1) is 13.1 Å². The first kappa shape index (κ1) is 18.6. The van der Waals surface area contributed by atoms with E-state index in [4.69, 9.17) is 4.74 Å². The second kappa shape index (κ2) is 8.48. The van der Waals surface area contributed by atoms with Gasteiger partial charge in [-0.1, -0.05) is 18.2 Å². The predicted molar refractivity (Wildman–Crippen MR) is 106 cm³/mol. The molecule has 0 saturated carbocycles. The molecule has 1 N–H and O–H groups in total. The lowest BCUT2D eigenvalue weighted by atomic mass is 9.98. The maximum absolute atomic E-state index is 12.8. The normalized spacial score (nSPS) is 23.4. The Morgan fingerprint density at radius 2 is 1.78 bits per heavy atom. The van der Waals surface area contributed by atoms with E-state index in [0.717, 1.165) is 43.3 Å². The van der Waals surface area contributed by atoms with Crippen LogP contribution in [-0.4, -0.2) is 79.2 Å². The molecule has 0 spiro atoms. The lowest BCUT2D eigenvalue weighted by molar-refractivity contribution is 0.0917. The number of amides is 2. The van der Waals surface area contributed by atoms with Crippen molar-refractivity contribution in [2.75, 3.05) is 46.4 Å². The number of urea groups is 1. The maximum atomic E-state index is 12.8. The first-order chi connectivity index (χ1) is 13.2. The molecule has 3 aliphatic rings. The lowest BCUT2D eigenvalue weighted by Gasteiger charge is -2.41. The minimum Gasteiger partial charge on any atom is -0.491 e. The molecular weight excluding hydrogens is 340 g/mol. The third-order valence-corrected chi connectivity index (χ3v) is 6.30. The molecule has 148 valence electrons. The van der Waals surface area contributed by atoms with Crippen LogP contribution in [0, 0.1) is 0 Å². The number of benzene rings is 1. The summed E-state index contributed by atoms with van der Waals surface area (Å²) in [5.41, 5.74) is 1.09. The molecule has 27 heavy (non-hydrogen) atoms. The Labute approximate surface area is 162 Å². The summed E-state index contributed by atoms with van der Waals surface area (Å²) in [5.74, 6) is 0.902. The minimum absolute atomic E-state index is 0.0491. The summed E-state index contributed by atoms with van der Waals surface area (Å²) in [5, 5.41) is 3.27. The molecule has 3 heterocycles. The van der Waals surface area contributed by atoms with Crippen molar-refractivity contribution in [1.29, 1.82) is 0 Å². The van der Waals surface area contributed by atoms with Gasteiger partial charge in [0.2, 0.25) is 0 Å². The summed E-state index contributed by atoms with van der Waals surface area (Å²) >= 11 is 0. The molecule has 1 aromatic rings. The number of ether oxygens (including phenoxy) is 1. The van der Waals surface area contributed by atoms with E-state index in [-0.39, 0.29) is 6.03 Å². The molecule has 6 nitrogen and oxygen atoms in total. The van der Waals surface area contributed by atoms with Crippen LogP contribution in [0.5, 0.6) is 5.75 Å². The van der Waals surface area contributed by atoms with E-state index in [1.165, 1.54) is 25.9 Å². The molecule has 0 aliphatic carbocycles. The third-order valence-electron chi connectivity index (χ3n) is 6.30. The number of carbonyl (C=O) groups is 1. The largest absolute Gasteiger partial charge is 0.491 e. The molecule has 2 fully saturated rings. The zero-order chi connectivity index (χ0) is 18.6. The quantitative estimate of drug-likeness (QED) is 0.864. The Hall–Kier alpha value is -1.79. The van der Waals surface area contributed by atoms with E-state index in [1.807, 2.05) is 29.2 Å². The van der Waals surface area contributed by atoms with E-state index in [2.05, 4.69) is 22.2 Å². The van der Waals surface area contributed by atoms with Gasteiger partial charge in [-0.15, -0.1) is 0 Å². The van der Waals surface area contributed by atoms with Crippen LogP contribution in [0.15, 0.2) is 24.3 Å². The summed E-state index contributed by atoms with van der Waals surface area (Å²) < 4.78 is 5.78. The van der Waals surface area contributed by atoms with Crippen LogP contribution in [0.25, 0.3) is 0 Å². The zero-order valence-electron chi connectivity index (χ0n) is 16.4. The van der Waals surface area contributed by atoms with Crippen LogP contribution in [0.2, 0.25) is 0 Å². The molecule has 1 aromatic carbocycles. The zero-order valence-corrected chi connectivity index (χ0v) is 16.4. The molecule has 0 atom stereocenters. The number of rotatable bonds is 2. The van der Waals surface area contributed by atoms with Crippen LogP contribution >= 0.6 is 0 Å². The second-order valence-electron chi connectivity index (χ2n) is 8.17. The predicted octanol–water partition coefficient (Wildman–Crippen LogP) is 2.15. The average molecular weight is 373 g/mol. The Morgan fingerprint density at radius 1 is 1.04 bits per heavy atom. The smallest absolute Gasteiger partial charge is 0.318 e. The van der Waals surface area contributed by atoms with Crippen LogP contribution in [0.4, 0.5) is 4.79 Å². The number of carbonyl (C=O) groups excluding carboxylic acids is 1.